The van der Waals surface area contributed by atoms with Gasteiger partial charge in [0.25, 0.3) is 5.91 Å². The summed E-state index contributed by atoms with van der Waals surface area (Å²) in [5.74, 6) is -1.50. The number of amides is 1. The van der Waals surface area contributed by atoms with Crippen LogP contribution >= 0.6 is 0 Å². The molecule has 1 aromatic heterocycles. The Bertz CT molecular complexity index is 379. The van der Waals surface area contributed by atoms with Crippen LogP contribution in [0, 0.1) is 5.41 Å². The topological polar surface area (TPSA) is 95.1 Å². The summed E-state index contributed by atoms with van der Waals surface area (Å²) in [5, 5.41) is 17.6. The number of carboxylic acid groups (broad SMARTS) is 1. The molecule has 0 spiro atoms. The van der Waals surface area contributed by atoms with Crippen molar-refractivity contribution in [2.24, 2.45) is 5.41 Å². The normalized spacial score (nSPS) is 13.2. The number of carbonyl (C=O) groups is 2. The minimum atomic E-state index is -1.05. The Morgan fingerprint density at radius 1 is 1.50 bits per heavy atom. The van der Waals surface area contributed by atoms with Crippen molar-refractivity contribution in [3.8, 4) is 0 Å². The maximum absolute atomic E-state index is 11.6. The van der Waals surface area contributed by atoms with Gasteiger partial charge in [-0.1, -0.05) is 20.8 Å². The monoisotopic (exact) mass is 225 g/mol. The maximum Gasteiger partial charge on any atom is 0.326 e. The van der Waals surface area contributed by atoms with E-state index in [1.807, 2.05) is 0 Å². The highest BCUT2D eigenvalue weighted by Gasteiger charge is 2.32. The van der Waals surface area contributed by atoms with Crippen LogP contribution in [0.4, 0.5) is 0 Å². The molecule has 0 aliphatic heterocycles. The first-order valence-electron chi connectivity index (χ1n) is 4.85. The Kier molecular flexibility index (Phi) is 3.31. The second-order valence-electron chi connectivity index (χ2n) is 4.60. The fourth-order valence-corrected chi connectivity index (χ4v) is 1.24. The van der Waals surface area contributed by atoms with Crippen molar-refractivity contribution in [3.05, 3.63) is 18.0 Å². The number of H-pyrrole nitrogens is 1. The molecule has 6 nitrogen and oxygen atoms in total. The van der Waals surface area contributed by atoms with Crippen molar-refractivity contribution in [1.82, 2.24) is 15.5 Å². The van der Waals surface area contributed by atoms with Gasteiger partial charge in [0.2, 0.25) is 0 Å². The lowest BCUT2D eigenvalue weighted by Gasteiger charge is -2.27. The van der Waals surface area contributed by atoms with Crippen LogP contribution in [0.1, 0.15) is 31.1 Å². The van der Waals surface area contributed by atoms with E-state index in [0.29, 0.717) is 5.56 Å². The minimum absolute atomic E-state index is 0.315. The lowest BCUT2D eigenvalue weighted by Crippen LogP contribution is -2.49. The van der Waals surface area contributed by atoms with E-state index in [0.717, 1.165) is 0 Å². The van der Waals surface area contributed by atoms with Gasteiger partial charge >= 0.3 is 5.97 Å². The van der Waals surface area contributed by atoms with E-state index in [9.17, 15) is 9.59 Å². The first-order valence-corrected chi connectivity index (χ1v) is 4.85. The zero-order valence-electron chi connectivity index (χ0n) is 9.44. The summed E-state index contributed by atoms with van der Waals surface area (Å²) >= 11 is 0. The van der Waals surface area contributed by atoms with Crippen molar-refractivity contribution in [2.75, 3.05) is 0 Å². The van der Waals surface area contributed by atoms with Gasteiger partial charge in [-0.3, -0.25) is 9.89 Å². The van der Waals surface area contributed by atoms with Gasteiger partial charge in [-0.05, 0) is 5.41 Å². The molecule has 16 heavy (non-hydrogen) atoms. The number of carbonyl (C=O) groups excluding carboxylic acids is 1. The van der Waals surface area contributed by atoms with Crippen molar-refractivity contribution in [3.63, 3.8) is 0 Å². The van der Waals surface area contributed by atoms with Crippen LogP contribution in [0.3, 0.4) is 0 Å². The quantitative estimate of drug-likeness (QED) is 0.703. The van der Waals surface area contributed by atoms with Crippen molar-refractivity contribution in [1.29, 1.82) is 0 Å². The summed E-state index contributed by atoms with van der Waals surface area (Å²) in [6.07, 6.45) is 2.76. The van der Waals surface area contributed by atoms with E-state index < -0.39 is 23.3 Å². The molecule has 3 N–H and O–H groups in total. The predicted octanol–water partition coefficient (Wildman–Crippen LogP) is 0.639. The molecule has 6 heteroatoms. The number of carboxylic acids is 1. The maximum atomic E-state index is 11.6. The molecule has 1 atom stereocenters. The number of nitrogens with one attached hydrogen (secondary N) is 2. The Hall–Kier alpha value is -1.85. The molecular formula is C10H15N3O3. The standard InChI is InChI=1S/C10H15N3O3/c1-10(2,3)7(9(15)16)13-8(14)6-4-11-12-5-6/h4-5,7H,1-3H3,(H,11,12)(H,13,14)(H,15,16)/t7-/m0/s1. The van der Waals surface area contributed by atoms with Crippen LogP contribution in [0.15, 0.2) is 12.4 Å². The summed E-state index contributed by atoms with van der Waals surface area (Å²) in [6.45, 7) is 5.25. The summed E-state index contributed by atoms with van der Waals surface area (Å²) < 4.78 is 0. The molecule has 0 unspecified atom stereocenters. The molecule has 0 saturated carbocycles. The van der Waals surface area contributed by atoms with Crippen molar-refractivity contribution >= 4 is 11.9 Å². The number of aromatic amines is 1. The summed E-state index contributed by atoms with van der Waals surface area (Å²) in [5.41, 5.74) is -0.235. The molecular weight excluding hydrogens is 210 g/mol. The van der Waals surface area contributed by atoms with E-state index in [2.05, 4.69) is 15.5 Å². The highest BCUT2D eigenvalue weighted by Crippen LogP contribution is 2.19. The van der Waals surface area contributed by atoms with Crippen molar-refractivity contribution in [2.45, 2.75) is 26.8 Å². The Morgan fingerprint density at radius 2 is 2.12 bits per heavy atom. The average Bonchev–Trinajstić information content (AvgIpc) is 2.63. The third-order valence-corrected chi connectivity index (χ3v) is 2.15. The van der Waals surface area contributed by atoms with E-state index in [1.54, 1.807) is 20.8 Å². The number of aliphatic carboxylic acids is 1. The first-order chi connectivity index (χ1) is 7.32. The van der Waals surface area contributed by atoms with Crippen LogP contribution < -0.4 is 5.32 Å². The molecule has 0 saturated heterocycles. The molecule has 0 fully saturated rings. The van der Waals surface area contributed by atoms with Gasteiger partial charge in [0.05, 0.1) is 11.8 Å². The second-order valence-corrected chi connectivity index (χ2v) is 4.60. The molecule has 0 aromatic carbocycles. The molecule has 1 aromatic rings. The zero-order valence-corrected chi connectivity index (χ0v) is 9.44. The van der Waals surface area contributed by atoms with Gasteiger partial charge in [-0.15, -0.1) is 0 Å². The molecule has 1 amide bonds. The predicted molar refractivity (Wildman–Crippen MR) is 56.9 cm³/mol. The van der Waals surface area contributed by atoms with E-state index in [1.165, 1.54) is 12.4 Å². The van der Waals surface area contributed by atoms with Crippen LogP contribution in [-0.2, 0) is 4.79 Å². The van der Waals surface area contributed by atoms with E-state index >= 15 is 0 Å². The summed E-state index contributed by atoms with van der Waals surface area (Å²) in [6, 6.07) is -0.935. The van der Waals surface area contributed by atoms with Gasteiger partial charge in [-0.25, -0.2) is 4.79 Å². The Morgan fingerprint density at radius 3 is 2.50 bits per heavy atom. The third kappa shape index (κ3) is 2.82. The van der Waals surface area contributed by atoms with Crippen LogP contribution in [0.2, 0.25) is 0 Å². The number of aromatic nitrogens is 2. The molecule has 1 rings (SSSR count). The van der Waals surface area contributed by atoms with Gasteiger partial charge in [0.1, 0.15) is 6.04 Å². The van der Waals surface area contributed by atoms with Crippen molar-refractivity contribution < 1.29 is 14.7 Å². The largest absolute Gasteiger partial charge is 0.480 e. The van der Waals surface area contributed by atoms with Gasteiger partial charge < -0.3 is 10.4 Å². The lowest BCUT2D eigenvalue weighted by molar-refractivity contribution is -0.142. The van der Waals surface area contributed by atoms with Crippen LogP contribution in [0.5, 0.6) is 0 Å². The number of hydrogen-bond acceptors (Lipinski definition) is 3. The number of rotatable bonds is 3. The number of nitrogens with zero attached hydrogens (tertiary/aromatic N) is 1. The smallest absolute Gasteiger partial charge is 0.326 e. The van der Waals surface area contributed by atoms with Gasteiger partial charge in [-0.2, -0.15) is 5.10 Å². The number of hydrogen-bond donors (Lipinski definition) is 3. The molecule has 0 radical (unpaired) electrons. The minimum Gasteiger partial charge on any atom is -0.480 e. The second kappa shape index (κ2) is 4.34. The van der Waals surface area contributed by atoms with Crippen LogP contribution in [-0.4, -0.2) is 33.2 Å². The fraction of sp³-hybridized carbons (Fsp3) is 0.500. The molecule has 88 valence electrons. The lowest BCUT2D eigenvalue weighted by atomic mass is 9.86. The van der Waals surface area contributed by atoms with E-state index in [-0.39, 0.29) is 0 Å². The summed E-state index contributed by atoms with van der Waals surface area (Å²) in [4.78, 5) is 22.6. The molecule has 0 aliphatic rings. The SMILES string of the molecule is CC(C)(C)[C@@H](NC(=O)c1cn[nH]c1)C(=O)O. The zero-order chi connectivity index (χ0) is 12.3. The molecule has 0 bridgehead atoms. The third-order valence-electron chi connectivity index (χ3n) is 2.15. The molecule has 0 aliphatic carbocycles. The van der Waals surface area contributed by atoms with E-state index in [4.69, 9.17) is 5.11 Å². The highest BCUT2D eigenvalue weighted by molar-refractivity contribution is 5.96. The van der Waals surface area contributed by atoms with Gasteiger partial charge in [0.15, 0.2) is 0 Å². The highest BCUT2D eigenvalue weighted by atomic mass is 16.4. The Balaban J connectivity index is 2.78. The Labute approximate surface area is 93.1 Å². The fourth-order valence-electron chi connectivity index (χ4n) is 1.24. The summed E-state index contributed by atoms with van der Waals surface area (Å²) in [7, 11) is 0. The molecule has 1 heterocycles. The average molecular weight is 225 g/mol. The first kappa shape index (κ1) is 12.2. The van der Waals surface area contributed by atoms with Crippen LogP contribution in [0.25, 0.3) is 0 Å². The van der Waals surface area contributed by atoms with Gasteiger partial charge in [0, 0.05) is 6.20 Å².